The van der Waals surface area contributed by atoms with E-state index in [2.05, 4.69) is 20.1 Å². The molecule has 8 nitrogen and oxygen atoms in total. The third kappa shape index (κ3) is 3.86. The minimum atomic E-state index is -0.745. The summed E-state index contributed by atoms with van der Waals surface area (Å²) in [4.78, 5) is 32.5. The van der Waals surface area contributed by atoms with Crippen molar-refractivity contribution in [1.29, 1.82) is 0 Å². The van der Waals surface area contributed by atoms with Crippen LogP contribution in [0.5, 0.6) is 5.06 Å². The van der Waals surface area contributed by atoms with Crippen LogP contribution >= 0.6 is 22.9 Å². The van der Waals surface area contributed by atoms with E-state index in [9.17, 15) is 19.1 Å². The molecule has 0 saturated heterocycles. The predicted octanol–water partition coefficient (Wildman–Crippen LogP) is 2.08. The molecule has 3 aromatic rings. The van der Waals surface area contributed by atoms with Crippen molar-refractivity contribution in [2.45, 2.75) is 13.5 Å². The van der Waals surface area contributed by atoms with E-state index in [1.807, 2.05) is 0 Å². The van der Waals surface area contributed by atoms with E-state index in [1.165, 1.54) is 36.1 Å². The lowest BCUT2D eigenvalue weighted by Crippen LogP contribution is -2.22. The summed E-state index contributed by atoms with van der Waals surface area (Å²) in [5.74, 6) is -0.385. The summed E-state index contributed by atoms with van der Waals surface area (Å²) in [7, 11) is 0. The quantitative estimate of drug-likeness (QED) is 0.656. The van der Waals surface area contributed by atoms with Crippen molar-refractivity contribution in [2.75, 3.05) is 0 Å². The second kappa shape index (κ2) is 7.18. The first-order chi connectivity index (χ1) is 12.3. The standard InChI is InChI=1S/C15H11ClFN5O3S/c1-7(11-12(23)20-15(25)26-13(11)24)19-14-18-6-22(21-14)5-8-2-3-9(17)4-10(8)16/h2-4,6,24H,5H2,1H3,(H,20,23,25)/b19-7+. The fourth-order valence-corrected chi connectivity index (χ4v) is 3.07. The molecule has 2 aromatic heterocycles. The molecular weight excluding hydrogens is 385 g/mol. The fourth-order valence-electron chi connectivity index (χ4n) is 2.18. The number of aromatic amines is 1. The fraction of sp³-hybridized carbons (Fsp3) is 0.133. The van der Waals surface area contributed by atoms with Gasteiger partial charge in [-0.05, 0) is 36.0 Å². The molecule has 0 atom stereocenters. The molecule has 0 fully saturated rings. The van der Waals surface area contributed by atoms with Crippen molar-refractivity contribution >= 4 is 34.6 Å². The Balaban J connectivity index is 1.87. The van der Waals surface area contributed by atoms with E-state index in [0.29, 0.717) is 16.9 Å². The van der Waals surface area contributed by atoms with E-state index in [4.69, 9.17) is 11.6 Å². The molecule has 0 radical (unpaired) electrons. The average molecular weight is 396 g/mol. The van der Waals surface area contributed by atoms with Gasteiger partial charge in [0.2, 0.25) is 0 Å². The SMILES string of the molecule is C/C(=N\c1ncn(Cc2ccc(F)cc2Cl)n1)c1c(O)sc(=O)[nH]c1=O. The smallest absolute Gasteiger partial charge is 0.310 e. The zero-order chi connectivity index (χ0) is 18.8. The van der Waals surface area contributed by atoms with Gasteiger partial charge in [-0.3, -0.25) is 14.6 Å². The molecule has 2 N–H and O–H groups in total. The molecule has 0 aliphatic rings. The topological polar surface area (TPSA) is 113 Å². The first-order valence-corrected chi connectivity index (χ1v) is 8.38. The van der Waals surface area contributed by atoms with Crippen LogP contribution in [0.3, 0.4) is 0 Å². The van der Waals surface area contributed by atoms with Crippen LogP contribution in [0.15, 0.2) is 39.1 Å². The number of H-pyrrole nitrogens is 1. The number of nitrogens with zero attached hydrogens (tertiary/aromatic N) is 4. The maximum absolute atomic E-state index is 13.1. The number of aromatic nitrogens is 4. The summed E-state index contributed by atoms with van der Waals surface area (Å²) in [6, 6.07) is 4.03. The number of hydrogen-bond acceptors (Lipinski definition) is 7. The van der Waals surface area contributed by atoms with Gasteiger partial charge in [0, 0.05) is 5.02 Å². The summed E-state index contributed by atoms with van der Waals surface area (Å²) in [6.07, 6.45) is 1.40. The van der Waals surface area contributed by atoms with Gasteiger partial charge in [-0.15, -0.1) is 5.10 Å². The molecule has 2 heterocycles. The Morgan fingerprint density at radius 1 is 1.46 bits per heavy atom. The van der Waals surface area contributed by atoms with E-state index < -0.39 is 21.3 Å². The number of nitrogens with one attached hydrogen (secondary N) is 1. The summed E-state index contributed by atoms with van der Waals surface area (Å²) in [6.45, 7) is 1.73. The van der Waals surface area contributed by atoms with E-state index in [1.54, 1.807) is 0 Å². The molecule has 3 rings (SSSR count). The number of rotatable bonds is 4. The molecule has 11 heteroatoms. The predicted molar refractivity (Wildman–Crippen MR) is 95.3 cm³/mol. The van der Waals surface area contributed by atoms with Crippen LogP contribution in [0.25, 0.3) is 0 Å². The first-order valence-electron chi connectivity index (χ1n) is 7.19. The van der Waals surface area contributed by atoms with Gasteiger partial charge < -0.3 is 5.11 Å². The summed E-state index contributed by atoms with van der Waals surface area (Å²) < 4.78 is 14.5. The van der Waals surface area contributed by atoms with Crippen molar-refractivity contribution < 1.29 is 9.50 Å². The van der Waals surface area contributed by atoms with Crippen LogP contribution in [0, 0.1) is 5.82 Å². The normalized spacial score (nSPS) is 11.7. The molecule has 0 aliphatic carbocycles. The second-order valence-electron chi connectivity index (χ2n) is 5.20. The Morgan fingerprint density at radius 2 is 2.23 bits per heavy atom. The van der Waals surface area contributed by atoms with E-state index in [-0.39, 0.29) is 28.8 Å². The van der Waals surface area contributed by atoms with Gasteiger partial charge in [0.25, 0.3) is 11.5 Å². The minimum Gasteiger partial charge on any atom is -0.499 e. The number of halogens is 2. The third-order valence-corrected chi connectivity index (χ3v) is 4.38. The Morgan fingerprint density at radius 3 is 2.92 bits per heavy atom. The maximum atomic E-state index is 13.1. The zero-order valence-electron chi connectivity index (χ0n) is 13.2. The van der Waals surface area contributed by atoms with Crippen molar-refractivity contribution in [3.05, 3.63) is 66.5 Å². The lowest BCUT2D eigenvalue weighted by molar-refractivity contribution is 0.487. The highest BCUT2D eigenvalue weighted by molar-refractivity contribution is 7.11. The number of hydrogen-bond donors (Lipinski definition) is 2. The third-order valence-electron chi connectivity index (χ3n) is 3.35. The number of aliphatic imine (C=N–C) groups is 1. The molecule has 0 unspecified atom stereocenters. The molecule has 0 saturated carbocycles. The van der Waals surface area contributed by atoms with Gasteiger partial charge in [0.05, 0.1) is 12.3 Å². The first kappa shape index (κ1) is 18.0. The Hall–Kier alpha value is -2.85. The van der Waals surface area contributed by atoms with E-state index >= 15 is 0 Å². The molecule has 134 valence electrons. The van der Waals surface area contributed by atoms with Crippen LogP contribution in [-0.2, 0) is 6.54 Å². The molecule has 0 spiro atoms. The monoisotopic (exact) mass is 395 g/mol. The van der Waals surface area contributed by atoms with Crippen LogP contribution < -0.4 is 10.4 Å². The number of benzene rings is 1. The molecule has 1 aromatic carbocycles. The van der Waals surface area contributed by atoms with Crippen molar-refractivity contribution in [3.8, 4) is 5.06 Å². The zero-order valence-corrected chi connectivity index (χ0v) is 14.8. The lowest BCUT2D eigenvalue weighted by atomic mass is 10.2. The Kier molecular flexibility index (Phi) is 4.96. The van der Waals surface area contributed by atoms with Gasteiger partial charge in [0.1, 0.15) is 17.7 Å². The maximum Gasteiger partial charge on any atom is 0.310 e. The van der Waals surface area contributed by atoms with Crippen LogP contribution in [0.1, 0.15) is 18.1 Å². The van der Waals surface area contributed by atoms with Gasteiger partial charge in [-0.1, -0.05) is 17.7 Å². The largest absolute Gasteiger partial charge is 0.499 e. The molecule has 26 heavy (non-hydrogen) atoms. The summed E-state index contributed by atoms with van der Waals surface area (Å²) in [5.41, 5.74) is -0.0674. The van der Waals surface area contributed by atoms with Gasteiger partial charge in [0.15, 0.2) is 5.06 Å². The number of aromatic hydroxyl groups is 1. The van der Waals surface area contributed by atoms with Crippen LogP contribution in [0.2, 0.25) is 5.02 Å². The minimum absolute atomic E-state index is 0.0516. The average Bonchev–Trinajstić information content (AvgIpc) is 2.96. The van der Waals surface area contributed by atoms with Crippen molar-refractivity contribution in [1.82, 2.24) is 19.7 Å². The lowest BCUT2D eigenvalue weighted by Gasteiger charge is -2.03. The van der Waals surface area contributed by atoms with E-state index in [0.717, 1.165) is 0 Å². The highest BCUT2D eigenvalue weighted by Crippen LogP contribution is 2.19. The van der Waals surface area contributed by atoms with Crippen molar-refractivity contribution in [2.24, 2.45) is 4.99 Å². The van der Waals surface area contributed by atoms with Gasteiger partial charge in [-0.25, -0.2) is 14.1 Å². The summed E-state index contributed by atoms with van der Waals surface area (Å²) in [5, 5.41) is 13.8. The van der Waals surface area contributed by atoms with Crippen LogP contribution in [-0.4, -0.2) is 30.6 Å². The molecular formula is C15H11ClFN5O3S. The molecule has 0 aliphatic heterocycles. The molecule has 0 bridgehead atoms. The van der Waals surface area contributed by atoms with Gasteiger partial charge >= 0.3 is 4.87 Å². The molecule has 0 amide bonds. The van der Waals surface area contributed by atoms with Crippen LogP contribution in [0.4, 0.5) is 10.3 Å². The summed E-state index contributed by atoms with van der Waals surface area (Å²) >= 11 is 6.47. The highest BCUT2D eigenvalue weighted by atomic mass is 35.5. The Labute approximate surface area is 154 Å². The Bertz CT molecular complexity index is 1120. The van der Waals surface area contributed by atoms with Gasteiger partial charge in [-0.2, -0.15) is 4.98 Å². The highest BCUT2D eigenvalue weighted by Gasteiger charge is 2.13. The second-order valence-corrected chi connectivity index (χ2v) is 6.57. The van der Waals surface area contributed by atoms with Crippen molar-refractivity contribution in [3.63, 3.8) is 0 Å².